The summed E-state index contributed by atoms with van der Waals surface area (Å²) in [6, 6.07) is 9.77. The molecule has 7 heteroatoms. The Morgan fingerprint density at radius 1 is 1.13 bits per heavy atom. The normalized spacial score (nSPS) is 19.4. The van der Waals surface area contributed by atoms with Gasteiger partial charge in [0.15, 0.2) is 11.9 Å². The molecular formula is C23H27N5O2. The Morgan fingerprint density at radius 3 is 2.90 bits per heavy atom. The van der Waals surface area contributed by atoms with E-state index >= 15 is 0 Å². The van der Waals surface area contributed by atoms with Gasteiger partial charge in [-0.2, -0.15) is 0 Å². The molecule has 0 aliphatic carbocycles. The number of aromatic amines is 1. The molecule has 5 rings (SSSR count). The molecule has 3 N–H and O–H groups in total. The number of hydrogen-bond acceptors (Lipinski definition) is 6. The standard InChI is InChI=1S/C23H27N5O2/c29-23-17-9-12-26-18(14-25-13-15-7-10-24-11-8-15)21(17)27-22(28-23)20-6-5-16-3-1-2-4-19(16)30-20/h1-4,9,12,15,20,24-25H,5-8,10-11,13-14H2,(H,27,28,29). The number of nitrogens with one attached hydrogen (secondary N) is 3. The molecule has 3 aromatic rings. The van der Waals surface area contributed by atoms with Crippen LogP contribution >= 0.6 is 0 Å². The van der Waals surface area contributed by atoms with Gasteiger partial charge in [-0.15, -0.1) is 0 Å². The van der Waals surface area contributed by atoms with E-state index in [1.807, 2.05) is 18.2 Å². The molecule has 4 heterocycles. The fraction of sp³-hybridized carbons (Fsp3) is 0.435. The SMILES string of the molecule is O=c1[nH]c(C2CCc3ccccc3O2)nc2c(CNCC3CCNCC3)nccc12. The van der Waals surface area contributed by atoms with Crippen LogP contribution in [0, 0.1) is 5.92 Å². The molecule has 1 aromatic carbocycles. The van der Waals surface area contributed by atoms with Gasteiger partial charge in [0.25, 0.3) is 5.56 Å². The number of aromatic nitrogens is 3. The van der Waals surface area contributed by atoms with E-state index in [0.717, 1.165) is 43.9 Å². The van der Waals surface area contributed by atoms with E-state index in [9.17, 15) is 4.79 Å². The number of piperidine rings is 1. The average Bonchev–Trinajstić information content (AvgIpc) is 2.80. The van der Waals surface area contributed by atoms with Crippen LogP contribution in [0.15, 0.2) is 41.3 Å². The van der Waals surface area contributed by atoms with Crippen LogP contribution in [-0.4, -0.2) is 34.6 Å². The first-order chi connectivity index (χ1) is 14.8. The topological polar surface area (TPSA) is 91.9 Å². The lowest BCUT2D eigenvalue weighted by Crippen LogP contribution is -2.33. The van der Waals surface area contributed by atoms with Crippen molar-refractivity contribution in [1.29, 1.82) is 0 Å². The molecule has 1 saturated heterocycles. The quantitative estimate of drug-likeness (QED) is 0.604. The first kappa shape index (κ1) is 19.2. The molecule has 1 unspecified atom stereocenters. The van der Waals surface area contributed by atoms with Gasteiger partial charge < -0.3 is 20.4 Å². The van der Waals surface area contributed by atoms with Gasteiger partial charge in [0.1, 0.15) is 11.3 Å². The Kier molecular flexibility index (Phi) is 5.46. The largest absolute Gasteiger partial charge is 0.482 e. The van der Waals surface area contributed by atoms with Crippen molar-refractivity contribution in [2.75, 3.05) is 19.6 Å². The van der Waals surface area contributed by atoms with Crippen molar-refractivity contribution in [3.63, 3.8) is 0 Å². The lowest BCUT2D eigenvalue weighted by atomic mass is 9.98. The number of hydrogen-bond donors (Lipinski definition) is 3. The lowest BCUT2D eigenvalue weighted by molar-refractivity contribution is 0.167. The molecule has 0 radical (unpaired) electrons. The highest BCUT2D eigenvalue weighted by Gasteiger charge is 2.24. The molecule has 0 bridgehead atoms. The van der Waals surface area contributed by atoms with E-state index < -0.39 is 0 Å². The summed E-state index contributed by atoms with van der Waals surface area (Å²) in [5, 5.41) is 7.49. The predicted octanol–water partition coefficient (Wildman–Crippen LogP) is 2.47. The van der Waals surface area contributed by atoms with E-state index in [0.29, 0.717) is 29.2 Å². The molecule has 1 fully saturated rings. The third-order valence-corrected chi connectivity index (χ3v) is 6.13. The third kappa shape index (κ3) is 3.95. The fourth-order valence-electron chi connectivity index (χ4n) is 4.42. The van der Waals surface area contributed by atoms with Crippen molar-refractivity contribution >= 4 is 10.9 Å². The van der Waals surface area contributed by atoms with E-state index in [-0.39, 0.29) is 11.7 Å². The van der Waals surface area contributed by atoms with Crippen molar-refractivity contribution < 1.29 is 4.74 Å². The van der Waals surface area contributed by atoms with Gasteiger partial charge >= 0.3 is 0 Å². The highest BCUT2D eigenvalue weighted by Crippen LogP contribution is 2.33. The van der Waals surface area contributed by atoms with Crippen molar-refractivity contribution in [1.82, 2.24) is 25.6 Å². The van der Waals surface area contributed by atoms with Gasteiger partial charge in [0.2, 0.25) is 0 Å². The van der Waals surface area contributed by atoms with Gasteiger partial charge in [-0.25, -0.2) is 4.98 Å². The minimum absolute atomic E-state index is 0.139. The number of aryl methyl sites for hydroxylation is 1. The summed E-state index contributed by atoms with van der Waals surface area (Å²) >= 11 is 0. The van der Waals surface area contributed by atoms with Crippen molar-refractivity contribution in [2.45, 2.75) is 38.3 Å². The Bertz CT molecular complexity index is 1090. The Labute approximate surface area is 175 Å². The minimum atomic E-state index is -0.257. The summed E-state index contributed by atoms with van der Waals surface area (Å²) in [6.07, 6.45) is 5.51. The van der Waals surface area contributed by atoms with Crippen LogP contribution in [0.5, 0.6) is 5.75 Å². The van der Waals surface area contributed by atoms with E-state index in [2.05, 4.69) is 26.7 Å². The zero-order valence-corrected chi connectivity index (χ0v) is 17.0. The first-order valence-electron chi connectivity index (χ1n) is 10.8. The van der Waals surface area contributed by atoms with Crippen LogP contribution in [0.3, 0.4) is 0 Å². The second-order valence-corrected chi connectivity index (χ2v) is 8.18. The number of benzene rings is 1. The highest BCUT2D eigenvalue weighted by molar-refractivity contribution is 5.79. The minimum Gasteiger partial charge on any atom is -0.482 e. The average molecular weight is 406 g/mol. The number of para-hydroxylation sites is 1. The monoisotopic (exact) mass is 405 g/mol. The van der Waals surface area contributed by atoms with Crippen molar-refractivity contribution in [3.8, 4) is 5.75 Å². The number of rotatable bonds is 5. The summed E-state index contributed by atoms with van der Waals surface area (Å²) in [4.78, 5) is 25.0. The first-order valence-corrected chi connectivity index (χ1v) is 10.8. The molecule has 7 nitrogen and oxygen atoms in total. The summed E-state index contributed by atoms with van der Waals surface area (Å²) < 4.78 is 6.15. The Morgan fingerprint density at radius 2 is 2.00 bits per heavy atom. The van der Waals surface area contributed by atoms with Gasteiger partial charge in [-0.1, -0.05) is 18.2 Å². The van der Waals surface area contributed by atoms with Gasteiger partial charge in [-0.3, -0.25) is 9.78 Å². The third-order valence-electron chi connectivity index (χ3n) is 6.13. The van der Waals surface area contributed by atoms with E-state index in [4.69, 9.17) is 9.72 Å². The number of pyridine rings is 1. The Balaban J connectivity index is 1.38. The van der Waals surface area contributed by atoms with Crippen LogP contribution in [0.4, 0.5) is 0 Å². The molecule has 1 atom stereocenters. The zero-order valence-electron chi connectivity index (χ0n) is 17.0. The van der Waals surface area contributed by atoms with Crippen molar-refractivity contribution in [2.24, 2.45) is 5.92 Å². The van der Waals surface area contributed by atoms with Gasteiger partial charge in [0.05, 0.1) is 11.1 Å². The number of ether oxygens (including phenoxy) is 1. The lowest BCUT2D eigenvalue weighted by Gasteiger charge is -2.25. The van der Waals surface area contributed by atoms with Gasteiger partial charge in [-0.05, 0) is 68.9 Å². The number of nitrogens with zero attached hydrogens (tertiary/aromatic N) is 2. The van der Waals surface area contributed by atoms with Crippen LogP contribution in [0.25, 0.3) is 10.9 Å². The summed E-state index contributed by atoms with van der Waals surface area (Å²) in [6.45, 7) is 3.73. The molecule has 2 aromatic heterocycles. The molecule has 0 saturated carbocycles. The summed E-state index contributed by atoms with van der Waals surface area (Å²) in [5.41, 5.74) is 2.53. The highest BCUT2D eigenvalue weighted by atomic mass is 16.5. The maximum atomic E-state index is 12.8. The fourth-order valence-corrected chi connectivity index (χ4v) is 4.42. The summed E-state index contributed by atoms with van der Waals surface area (Å²) in [5.74, 6) is 2.13. The van der Waals surface area contributed by atoms with Gasteiger partial charge in [0, 0.05) is 12.7 Å². The van der Waals surface area contributed by atoms with Crippen LogP contribution in [0.1, 0.15) is 42.4 Å². The van der Waals surface area contributed by atoms with E-state index in [1.54, 1.807) is 12.3 Å². The maximum Gasteiger partial charge on any atom is 0.258 e. The Hall–Kier alpha value is -2.77. The van der Waals surface area contributed by atoms with E-state index in [1.165, 1.54) is 18.4 Å². The molecule has 2 aliphatic heterocycles. The van der Waals surface area contributed by atoms with Crippen LogP contribution < -0.4 is 20.9 Å². The number of fused-ring (bicyclic) bond motifs is 2. The van der Waals surface area contributed by atoms with Crippen molar-refractivity contribution in [3.05, 3.63) is 64.0 Å². The molecular weight excluding hydrogens is 378 g/mol. The van der Waals surface area contributed by atoms with Crippen LogP contribution in [0.2, 0.25) is 0 Å². The second kappa shape index (κ2) is 8.53. The molecule has 156 valence electrons. The molecule has 0 amide bonds. The number of H-pyrrole nitrogens is 1. The molecule has 0 spiro atoms. The molecule has 2 aliphatic rings. The second-order valence-electron chi connectivity index (χ2n) is 8.18. The molecule has 30 heavy (non-hydrogen) atoms. The zero-order chi connectivity index (χ0) is 20.3. The smallest absolute Gasteiger partial charge is 0.258 e. The van der Waals surface area contributed by atoms with Crippen LogP contribution in [-0.2, 0) is 13.0 Å². The summed E-state index contributed by atoms with van der Waals surface area (Å²) in [7, 11) is 0. The predicted molar refractivity (Wildman–Crippen MR) is 116 cm³/mol. The maximum absolute atomic E-state index is 12.8.